The van der Waals surface area contributed by atoms with Gasteiger partial charge in [-0.25, -0.2) is 8.42 Å². The van der Waals surface area contributed by atoms with Gasteiger partial charge in [0.05, 0.1) is 18.6 Å². The molecule has 228 valence electrons. The molecule has 0 spiro atoms. The van der Waals surface area contributed by atoms with Gasteiger partial charge < -0.3 is 19.7 Å². The molecule has 1 saturated carbocycles. The van der Waals surface area contributed by atoms with Crippen LogP contribution in [0.4, 0.5) is 0 Å². The average molecular weight is 588 g/mol. The lowest BCUT2D eigenvalue weighted by atomic mass is 9.76. The van der Waals surface area contributed by atoms with Gasteiger partial charge in [-0.15, -0.1) is 0 Å². The molecular formula is C32H49N3O5S. The van der Waals surface area contributed by atoms with Crippen molar-refractivity contribution in [3.05, 3.63) is 58.7 Å². The van der Waals surface area contributed by atoms with Crippen molar-refractivity contribution in [3.63, 3.8) is 0 Å². The quantitative estimate of drug-likeness (QED) is 0.317. The second-order valence-electron chi connectivity index (χ2n) is 11.4. The summed E-state index contributed by atoms with van der Waals surface area (Å²) in [6.07, 6.45) is 4.47. The highest BCUT2D eigenvalue weighted by Crippen LogP contribution is 2.39. The predicted octanol–water partition coefficient (Wildman–Crippen LogP) is 4.87. The van der Waals surface area contributed by atoms with Crippen LogP contribution in [0.1, 0.15) is 60.9 Å². The fraction of sp³-hybridized carbons (Fsp3) is 0.594. The predicted molar refractivity (Wildman–Crippen MR) is 164 cm³/mol. The minimum Gasteiger partial charge on any atom is -0.496 e. The van der Waals surface area contributed by atoms with Crippen molar-refractivity contribution in [1.82, 2.24) is 14.5 Å². The molecule has 1 N–H and O–H groups in total. The third kappa shape index (κ3) is 8.31. The zero-order valence-electron chi connectivity index (χ0n) is 25.9. The van der Waals surface area contributed by atoms with Crippen LogP contribution in [0.15, 0.2) is 41.3 Å². The smallest absolute Gasteiger partial charge is 0.246 e. The maximum Gasteiger partial charge on any atom is 0.246 e. The van der Waals surface area contributed by atoms with Crippen LogP contribution in [-0.2, 0) is 19.6 Å². The molecule has 41 heavy (non-hydrogen) atoms. The molecule has 0 bridgehead atoms. The maximum atomic E-state index is 13.5. The number of sulfonamides is 1. The minimum absolute atomic E-state index is 0.0800. The number of methoxy groups -OCH3 is 1. The van der Waals surface area contributed by atoms with E-state index in [0.29, 0.717) is 52.7 Å². The molecule has 0 saturated heterocycles. The average Bonchev–Trinajstić information content (AvgIpc) is 2.94. The summed E-state index contributed by atoms with van der Waals surface area (Å²) in [5.41, 5.74) is 3.51. The standard InChI is InChI=1S/C32H49N3O5S/c1-8-35(41(37,38)32-23(2)20-29(39-7)24(3)25(32)4)18-19-40-22-30(36)33-21-26-14-16-28(17-15-26)31(34(5)6)27-12-10-9-11-13-27/h9-13,20,26,28,31H,8,14-19,21-22H2,1-7H3,(H,33,36). The van der Waals surface area contributed by atoms with Crippen molar-refractivity contribution in [2.24, 2.45) is 11.8 Å². The van der Waals surface area contributed by atoms with Crippen molar-refractivity contribution < 1.29 is 22.7 Å². The number of benzene rings is 2. The molecule has 0 aromatic heterocycles. The Morgan fingerprint density at radius 2 is 1.71 bits per heavy atom. The van der Waals surface area contributed by atoms with E-state index in [0.717, 1.165) is 31.2 Å². The monoisotopic (exact) mass is 587 g/mol. The van der Waals surface area contributed by atoms with Crippen LogP contribution in [0.2, 0.25) is 0 Å². The van der Waals surface area contributed by atoms with Gasteiger partial charge in [0.1, 0.15) is 12.4 Å². The number of aryl methyl sites for hydroxylation is 1. The highest BCUT2D eigenvalue weighted by Gasteiger charge is 2.30. The van der Waals surface area contributed by atoms with Gasteiger partial charge in [0.2, 0.25) is 15.9 Å². The molecule has 1 fully saturated rings. The Kier molecular flexibility index (Phi) is 12.2. The molecule has 0 radical (unpaired) electrons. The first-order valence-electron chi connectivity index (χ1n) is 14.7. The molecule has 0 heterocycles. The Morgan fingerprint density at radius 3 is 2.29 bits per heavy atom. The number of nitrogens with zero attached hydrogens (tertiary/aromatic N) is 2. The van der Waals surface area contributed by atoms with Crippen LogP contribution in [0, 0.1) is 32.6 Å². The van der Waals surface area contributed by atoms with Gasteiger partial charge >= 0.3 is 0 Å². The van der Waals surface area contributed by atoms with E-state index < -0.39 is 10.0 Å². The summed E-state index contributed by atoms with van der Waals surface area (Å²) in [4.78, 5) is 15.1. The molecule has 1 unspecified atom stereocenters. The largest absolute Gasteiger partial charge is 0.496 e. The number of amides is 1. The van der Waals surface area contributed by atoms with Gasteiger partial charge in [0, 0.05) is 25.7 Å². The van der Waals surface area contributed by atoms with E-state index >= 15 is 0 Å². The van der Waals surface area contributed by atoms with Crippen molar-refractivity contribution in [2.45, 2.75) is 64.3 Å². The summed E-state index contributed by atoms with van der Waals surface area (Å²) in [6.45, 7) is 8.46. The Morgan fingerprint density at radius 1 is 1.05 bits per heavy atom. The fourth-order valence-corrected chi connectivity index (χ4v) is 8.12. The molecule has 0 aliphatic heterocycles. The number of carbonyl (C=O) groups is 1. The Bertz CT molecular complexity index is 1240. The second-order valence-corrected chi connectivity index (χ2v) is 13.3. The van der Waals surface area contributed by atoms with Crippen LogP contribution >= 0.6 is 0 Å². The molecule has 9 heteroatoms. The van der Waals surface area contributed by atoms with Crippen molar-refractivity contribution in [1.29, 1.82) is 0 Å². The van der Waals surface area contributed by atoms with E-state index in [1.807, 2.05) is 13.8 Å². The van der Waals surface area contributed by atoms with Crippen LogP contribution in [0.5, 0.6) is 5.75 Å². The molecule has 2 aromatic carbocycles. The summed E-state index contributed by atoms with van der Waals surface area (Å²) in [5.74, 6) is 1.59. The van der Waals surface area contributed by atoms with Crippen LogP contribution in [0.3, 0.4) is 0 Å². The molecular weight excluding hydrogens is 538 g/mol. The van der Waals surface area contributed by atoms with E-state index in [9.17, 15) is 13.2 Å². The fourth-order valence-electron chi connectivity index (χ4n) is 6.20. The van der Waals surface area contributed by atoms with E-state index in [1.165, 1.54) is 9.87 Å². The number of hydrogen-bond acceptors (Lipinski definition) is 6. The first kappa shape index (κ1) is 33.0. The first-order valence-corrected chi connectivity index (χ1v) is 16.2. The summed E-state index contributed by atoms with van der Waals surface area (Å²) < 4.78 is 39.4. The zero-order valence-corrected chi connectivity index (χ0v) is 26.7. The Hall–Kier alpha value is -2.46. The van der Waals surface area contributed by atoms with Crippen molar-refractivity contribution in [3.8, 4) is 5.75 Å². The van der Waals surface area contributed by atoms with Gasteiger partial charge in [0.25, 0.3) is 0 Å². The summed E-state index contributed by atoms with van der Waals surface area (Å²) in [6, 6.07) is 12.9. The summed E-state index contributed by atoms with van der Waals surface area (Å²) in [5, 5.41) is 3.02. The molecule has 1 aliphatic rings. The molecule has 1 atom stereocenters. The zero-order chi connectivity index (χ0) is 30.2. The van der Waals surface area contributed by atoms with Gasteiger partial charge in [-0.05, 0) is 101 Å². The summed E-state index contributed by atoms with van der Waals surface area (Å²) >= 11 is 0. The third-order valence-electron chi connectivity index (χ3n) is 8.49. The highest BCUT2D eigenvalue weighted by molar-refractivity contribution is 7.89. The normalized spacial score (nSPS) is 18.5. The Labute approximate surface area is 247 Å². The molecule has 1 amide bonds. The van der Waals surface area contributed by atoms with Crippen LogP contribution < -0.4 is 10.1 Å². The number of nitrogens with one attached hydrogen (secondary N) is 1. The number of rotatable bonds is 14. The van der Waals surface area contributed by atoms with E-state index in [4.69, 9.17) is 9.47 Å². The van der Waals surface area contributed by atoms with Crippen molar-refractivity contribution >= 4 is 15.9 Å². The summed E-state index contributed by atoms with van der Waals surface area (Å²) in [7, 11) is 2.17. The van der Waals surface area contributed by atoms with Gasteiger partial charge in [-0.1, -0.05) is 37.3 Å². The topological polar surface area (TPSA) is 88.2 Å². The molecule has 3 rings (SSSR count). The SMILES string of the molecule is CCN(CCOCC(=O)NCC1CCC(C(c2ccccc2)N(C)C)CC1)S(=O)(=O)c1c(C)cc(OC)c(C)c1C. The molecule has 8 nitrogen and oxygen atoms in total. The third-order valence-corrected chi connectivity index (χ3v) is 10.8. The van der Waals surface area contributed by atoms with E-state index in [2.05, 4.69) is 54.6 Å². The van der Waals surface area contributed by atoms with Gasteiger partial charge in [0.15, 0.2) is 0 Å². The van der Waals surface area contributed by atoms with Crippen LogP contribution in [0.25, 0.3) is 0 Å². The number of likely N-dealkylation sites (N-methyl/N-ethyl adjacent to an activating group) is 1. The maximum absolute atomic E-state index is 13.5. The lowest BCUT2D eigenvalue weighted by molar-refractivity contribution is -0.126. The van der Waals surface area contributed by atoms with Crippen LogP contribution in [-0.4, -0.2) is 77.6 Å². The highest BCUT2D eigenvalue weighted by atomic mass is 32.2. The van der Waals surface area contributed by atoms with Gasteiger partial charge in [-0.2, -0.15) is 4.31 Å². The first-order chi connectivity index (χ1) is 19.5. The minimum atomic E-state index is -3.73. The van der Waals surface area contributed by atoms with Gasteiger partial charge in [-0.3, -0.25) is 4.79 Å². The number of hydrogen-bond donors (Lipinski definition) is 1. The molecule has 1 aliphatic carbocycles. The van der Waals surface area contributed by atoms with E-state index in [-0.39, 0.29) is 25.7 Å². The molecule has 2 aromatic rings. The lowest BCUT2D eigenvalue weighted by Gasteiger charge is -2.37. The van der Waals surface area contributed by atoms with E-state index in [1.54, 1.807) is 27.0 Å². The Balaban J connectivity index is 1.43. The number of carbonyl (C=O) groups excluding carboxylic acids is 1. The second kappa shape index (κ2) is 15.1. The lowest BCUT2D eigenvalue weighted by Crippen LogP contribution is -2.37. The van der Waals surface area contributed by atoms with Crippen molar-refractivity contribution in [2.75, 3.05) is 54.1 Å². The number of ether oxygens (including phenoxy) is 2.